The van der Waals surface area contributed by atoms with E-state index in [0.29, 0.717) is 0 Å². The lowest BCUT2D eigenvalue weighted by molar-refractivity contribution is 0.556. The fraction of sp³-hybridized carbons (Fsp3) is 0.542. The maximum atomic E-state index is 2.39. The highest BCUT2D eigenvalue weighted by Gasteiger charge is 2.21. The zero-order valence-electron chi connectivity index (χ0n) is 33.6. The SMILES string of the molecule is CCCCCCCCCCCCc1ccsc1-c1ccc(-c2sc3c(C)c(-c4ccc(-c5sccc5CCCCCCCCCCCC)s4)sc3c2C)s1. The highest BCUT2D eigenvalue weighted by Crippen LogP contribution is 2.51. The van der Waals surface area contributed by atoms with Crippen LogP contribution in [-0.2, 0) is 12.8 Å². The number of fused-ring (bicyclic) bond motifs is 1. The first kappa shape index (κ1) is 42.1. The Morgan fingerprint density at radius 2 is 0.667 bits per heavy atom. The molecule has 0 radical (unpaired) electrons. The van der Waals surface area contributed by atoms with Gasteiger partial charge in [0.1, 0.15) is 0 Å². The maximum Gasteiger partial charge on any atom is 0.0496 e. The van der Waals surface area contributed by atoms with Gasteiger partial charge in [-0.05, 0) is 109 Å². The second-order valence-corrected chi connectivity index (χ2v) is 21.6. The second-order valence-electron chi connectivity index (χ2n) is 15.5. The van der Waals surface area contributed by atoms with E-state index in [1.807, 2.05) is 68.0 Å². The third kappa shape index (κ3) is 11.3. The smallest absolute Gasteiger partial charge is 0.0496 e. The average Bonchev–Trinajstić information content (AvgIpc) is 4.03. The summed E-state index contributed by atoms with van der Waals surface area (Å²) < 4.78 is 2.98. The van der Waals surface area contributed by atoms with Crippen LogP contribution in [0, 0.1) is 13.8 Å². The minimum absolute atomic E-state index is 1.22. The lowest BCUT2D eigenvalue weighted by atomic mass is 10.0. The molecule has 6 rings (SSSR count). The zero-order valence-corrected chi connectivity index (χ0v) is 38.5. The molecule has 6 aromatic heterocycles. The summed E-state index contributed by atoms with van der Waals surface area (Å²) in [5.41, 5.74) is 6.05. The third-order valence-corrected chi connectivity index (χ3v) is 18.9. The number of hydrogen-bond donors (Lipinski definition) is 0. The molecular formula is C48H64S6. The van der Waals surface area contributed by atoms with E-state index in [1.54, 1.807) is 11.1 Å². The van der Waals surface area contributed by atoms with Crippen LogP contribution in [0.15, 0.2) is 47.2 Å². The van der Waals surface area contributed by atoms with E-state index in [-0.39, 0.29) is 0 Å². The van der Waals surface area contributed by atoms with Gasteiger partial charge >= 0.3 is 0 Å². The van der Waals surface area contributed by atoms with Crippen LogP contribution in [0.2, 0.25) is 0 Å². The molecule has 0 nitrogen and oxygen atoms in total. The first-order chi connectivity index (χ1) is 26.6. The molecule has 0 atom stereocenters. The highest BCUT2D eigenvalue weighted by atomic mass is 32.1. The van der Waals surface area contributed by atoms with Crippen LogP contribution in [-0.4, -0.2) is 0 Å². The van der Waals surface area contributed by atoms with E-state index in [1.165, 1.54) is 201 Å². The quantitative estimate of drug-likeness (QED) is 0.0478. The molecule has 0 aromatic carbocycles. The summed E-state index contributed by atoms with van der Waals surface area (Å²) in [6.07, 6.45) is 30.4. The predicted molar refractivity (Wildman–Crippen MR) is 254 cm³/mol. The average molecular weight is 833 g/mol. The molecule has 0 N–H and O–H groups in total. The summed E-state index contributed by atoms with van der Waals surface area (Å²) in [4.78, 5) is 11.7. The minimum atomic E-state index is 1.22. The van der Waals surface area contributed by atoms with Gasteiger partial charge in [-0.2, -0.15) is 0 Å². The number of rotatable bonds is 26. The van der Waals surface area contributed by atoms with Crippen molar-refractivity contribution in [1.29, 1.82) is 0 Å². The van der Waals surface area contributed by atoms with E-state index < -0.39 is 0 Å². The Kier molecular flexibility index (Phi) is 17.5. The van der Waals surface area contributed by atoms with Crippen LogP contribution in [0.4, 0.5) is 0 Å². The molecule has 0 bridgehead atoms. The van der Waals surface area contributed by atoms with Crippen LogP contribution >= 0.6 is 68.0 Å². The largest absolute Gasteiger partial charge is 0.143 e. The normalized spacial score (nSPS) is 11.9. The molecule has 0 fully saturated rings. The van der Waals surface area contributed by atoms with Crippen molar-refractivity contribution in [1.82, 2.24) is 0 Å². The number of aryl methyl sites for hydroxylation is 4. The van der Waals surface area contributed by atoms with E-state index in [4.69, 9.17) is 0 Å². The van der Waals surface area contributed by atoms with Gasteiger partial charge in [-0.3, -0.25) is 0 Å². The molecule has 292 valence electrons. The van der Waals surface area contributed by atoms with Crippen molar-refractivity contribution in [3.05, 3.63) is 69.4 Å². The number of unbranched alkanes of at least 4 members (excludes halogenated alkanes) is 18. The van der Waals surface area contributed by atoms with Gasteiger partial charge in [0.2, 0.25) is 0 Å². The van der Waals surface area contributed by atoms with Gasteiger partial charge < -0.3 is 0 Å². The summed E-state index contributed by atoms with van der Waals surface area (Å²) in [5, 5.41) is 4.62. The van der Waals surface area contributed by atoms with E-state index in [9.17, 15) is 0 Å². The van der Waals surface area contributed by atoms with Crippen LogP contribution in [0.25, 0.3) is 48.4 Å². The molecule has 0 spiro atoms. The molecule has 0 unspecified atom stereocenters. The predicted octanol–water partition coefficient (Wildman–Crippen LogP) is 19.4. The third-order valence-electron chi connectivity index (χ3n) is 11.2. The van der Waals surface area contributed by atoms with Crippen molar-refractivity contribution in [2.75, 3.05) is 0 Å². The van der Waals surface area contributed by atoms with Crippen molar-refractivity contribution in [2.24, 2.45) is 0 Å². The van der Waals surface area contributed by atoms with Gasteiger partial charge in [0, 0.05) is 48.4 Å². The Balaban J connectivity index is 1.02. The number of thiophene rings is 6. The van der Waals surface area contributed by atoms with Gasteiger partial charge in [-0.1, -0.05) is 129 Å². The van der Waals surface area contributed by atoms with Crippen molar-refractivity contribution in [3.8, 4) is 39.0 Å². The second kappa shape index (κ2) is 22.4. The Morgan fingerprint density at radius 1 is 0.352 bits per heavy atom. The Bertz CT molecular complexity index is 1810. The summed E-state index contributed by atoms with van der Waals surface area (Å²) in [7, 11) is 0. The molecule has 0 amide bonds. The molecule has 6 aromatic rings. The first-order valence-corrected chi connectivity index (χ1v) is 26.5. The molecule has 0 saturated carbocycles. The highest BCUT2D eigenvalue weighted by molar-refractivity contribution is 7.35. The molecule has 54 heavy (non-hydrogen) atoms. The summed E-state index contributed by atoms with van der Waals surface area (Å²) in [6, 6.07) is 14.3. The van der Waals surface area contributed by atoms with Crippen LogP contribution in [0.3, 0.4) is 0 Å². The van der Waals surface area contributed by atoms with Crippen molar-refractivity contribution >= 4 is 77.4 Å². The van der Waals surface area contributed by atoms with Crippen molar-refractivity contribution in [2.45, 2.75) is 169 Å². The van der Waals surface area contributed by atoms with Gasteiger partial charge in [-0.15, -0.1) is 68.0 Å². The molecule has 0 aliphatic heterocycles. The fourth-order valence-electron chi connectivity index (χ4n) is 7.89. The monoisotopic (exact) mass is 832 g/mol. The molecule has 6 heteroatoms. The maximum absolute atomic E-state index is 2.39. The van der Waals surface area contributed by atoms with Gasteiger partial charge in [0.05, 0.1) is 0 Å². The minimum Gasteiger partial charge on any atom is -0.143 e. The summed E-state index contributed by atoms with van der Waals surface area (Å²) >= 11 is 11.9. The Morgan fingerprint density at radius 3 is 1.02 bits per heavy atom. The van der Waals surface area contributed by atoms with Crippen LogP contribution in [0.1, 0.15) is 165 Å². The first-order valence-electron chi connectivity index (χ1n) is 21.4. The summed E-state index contributed by atoms with van der Waals surface area (Å²) in [6.45, 7) is 9.33. The van der Waals surface area contributed by atoms with Crippen LogP contribution < -0.4 is 0 Å². The number of hydrogen-bond acceptors (Lipinski definition) is 6. The lowest BCUT2D eigenvalue weighted by Gasteiger charge is -2.04. The van der Waals surface area contributed by atoms with Crippen molar-refractivity contribution in [3.63, 3.8) is 0 Å². The fourth-order valence-corrected chi connectivity index (χ4v) is 15.3. The van der Waals surface area contributed by atoms with Crippen LogP contribution in [0.5, 0.6) is 0 Å². The molecule has 0 aliphatic rings. The van der Waals surface area contributed by atoms with Crippen molar-refractivity contribution < 1.29 is 0 Å². The Hall–Kier alpha value is -1.54. The van der Waals surface area contributed by atoms with Gasteiger partial charge in [0.25, 0.3) is 0 Å². The van der Waals surface area contributed by atoms with E-state index in [0.717, 1.165) is 0 Å². The molecule has 6 heterocycles. The lowest BCUT2D eigenvalue weighted by Crippen LogP contribution is -1.86. The Labute approximate surface area is 352 Å². The molecule has 0 aliphatic carbocycles. The zero-order chi connectivity index (χ0) is 37.5. The standard InChI is InChI=1S/C48H64S6/c1-5-7-9-11-13-15-17-19-21-23-25-37-31-33-49-47(37)41-29-27-39(51-41)43-35(3)45-46(53-43)36(4)44(54-45)40-28-30-42(52-40)48-38(32-34-50-48)26-24-22-20-18-16-14-12-10-8-6-2/h27-34H,5-26H2,1-4H3. The topological polar surface area (TPSA) is 0 Å². The molecule has 0 saturated heterocycles. The van der Waals surface area contributed by atoms with E-state index >= 15 is 0 Å². The van der Waals surface area contributed by atoms with Gasteiger partial charge in [0.15, 0.2) is 0 Å². The molecular weight excluding hydrogens is 769 g/mol. The van der Waals surface area contributed by atoms with Gasteiger partial charge in [-0.25, -0.2) is 0 Å². The summed E-state index contributed by atoms with van der Waals surface area (Å²) in [5.74, 6) is 0. The van der Waals surface area contributed by atoms with E-state index in [2.05, 4.69) is 74.9 Å².